The summed E-state index contributed by atoms with van der Waals surface area (Å²) >= 11 is 0. The van der Waals surface area contributed by atoms with Crippen molar-refractivity contribution in [1.29, 1.82) is 0 Å². The van der Waals surface area contributed by atoms with Gasteiger partial charge in [0, 0.05) is 37.0 Å². The molecule has 0 saturated heterocycles. The zero-order valence-corrected chi connectivity index (χ0v) is 18.0. The van der Waals surface area contributed by atoms with Gasteiger partial charge in [-0.25, -0.2) is 0 Å². The molecule has 0 aromatic carbocycles. The molecule has 2 bridgehead atoms. The lowest BCUT2D eigenvalue weighted by Gasteiger charge is -2.40. The van der Waals surface area contributed by atoms with E-state index in [2.05, 4.69) is 60.6 Å². The molecule has 5 heteroatoms. The van der Waals surface area contributed by atoms with Gasteiger partial charge in [0.05, 0.1) is 17.6 Å². The zero-order valence-electron chi connectivity index (χ0n) is 17.0. The van der Waals surface area contributed by atoms with Crippen molar-refractivity contribution in [2.45, 2.75) is 57.5 Å². The minimum Gasteiger partial charge on any atom is -0.393 e. The van der Waals surface area contributed by atoms with E-state index >= 15 is 0 Å². The molecule has 0 amide bonds. The first kappa shape index (κ1) is 19.1. The van der Waals surface area contributed by atoms with Gasteiger partial charge in [-0.1, -0.05) is 28.0 Å². The minimum atomic E-state index is -0.106. The molecular weight excluding hydrogens is 353 g/mol. The van der Waals surface area contributed by atoms with Gasteiger partial charge in [-0.15, -0.1) is 0 Å². The van der Waals surface area contributed by atoms with E-state index in [0.29, 0.717) is 29.6 Å². The minimum absolute atomic E-state index is 0.106. The van der Waals surface area contributed by atoms with Gasteiger partial charge < -0.3 is 20.6 Å². The van der Waals surface area contributed by atoms with Gasteiger partial charge in [0.2, 0.25) is 0 Å². The van der Waals surface area contributed by atoms with Crippen LogP contribution in [0.5, 0.6) is 0 Å². The molecule has 0 spiro atoms. The maximum absolute atomic E-state index is 10.4. The Hall–Kier alpha value is -1.25. The van der Waals surface area contributed by atoms with Crippen molar-refractivity contribution in [3.8, 4) is 0 Å². The Kier molecular flexibility index (Phi) is 5.40. The number of aliphatic hydroxyl groups is 1. The summed E-state index contributed by atoms with van der Waals surface area (Å²) in [5.74, 6) is 4.80. The molecule has 27 heavy (non-hydrogen) atoms. The number of likely N-dealkylation sites (N-methyl/N-ethyl adjacent to an activating group) is 2. The maximum Gasteiger partial charge on any atom is 0.0732 e. The zero-order chi connectivity index (χ0) is 19.1. The van der Waals surface area contributed by atoms with Crippen molar-refractivity contribution in [3.63, 3.8) is 0 Å². The summed E-state index contributed by atoms with van der Waals surface area (Å²) in [6.07, 6.45) is 10.9. The summed E-state index contributed by atoms with van der Waals surface area (Å²) in [6.45, 7) is 4.45. The smallest absolute Gasteiger partial charge is 0.0732 e. The number of aliphatic hydroxyl groups excluding tert-OH is 1. The van der Waals surface area contributed by atoms with E-state index in [1.807, 2.05) is 7.05 Å². The molecule has 4 rings (SSSR count). The molecule has 2 heterocycles. The van der Waals surface area contributed by atoms with Crippen LogP contribution in [0.3, 0.4) is 0 Å². The first-order valence-electron chi connectivity index (χ1n) is 10.5. The highest BCUT2D eigenvalue weighted by atomic mass is 31.1. The van der Waals surface area contributed by atoms with E-state index in [0.717, 1.165) is 21.4 Å². The Morgan fingerprint density at radius 3 is 2.85 bits per heavy atom. The quantitative estimate of drug-likeness (QED) is 0.632. The molecule has 148 valence electrons. The number of hydrogen-bond donors (Lipinski definition) is 3. The van der Waals surface area contributed by atoms with Crippen LogP contribution in [-0.2, 0) is 0 Å². The Morgan fingerprint density at radius 2 is 2.15 bits per heavy atom. The number of fused-ring (bicyclic) bond motifs is 3. The summed E-state index contributed by atoms with van der Waals surface area (Å²) in [7, 11) is 5.08. The van der Waals surface area contributed by atoms with Crippen LogP contribution in [0.15, 0.2) is 46.7 Å². The van der Waals surface area contributed by atoms with Crippen LogP contribution in [0.2, 0.25) is 0 Å². The third-order valence-corrected chi connectivity index (χ3v) is 8.43. The highest BCUT2D eigenvalue weighted by Crippen LogP contribution is 2.52. The highest BCUT2D eigenvalue weighted by molar-refractivity contribution is 7.43. The van der Waals surface area contributed by atoms with E-state index < -0.39 is 0 Å². The third kappa shape index (κ3) is 3.15. The summed E-state index contributed by atoms with van der Waals surface area (Å²) < 4.78 is 0. The first-order valence-corrected chi connectivity index (χ1v) is 11.6. The molecule has 0 aromatic rings. The number of rotatable bonds is 5. The van der Waals surface area contributed by atoms with Gasteiger partial charge in [-0.05, 0) is 62.0 Å². The number of nitrogens with one attached hydrogen (secondary N) is 2. The molecule has 0 radical (unpaired) electrons. The van der Waals surface area contributed by atoms with E-state index in [1.54, 1.807) is 0 Å². The monoisotopic (exact) mass is 387 g/mol. The normalized spacial score (nSPS) is 38.7. The van der Waals surface area contributed by atoms with Crippen LogP contribution in [-0.4, -0.2) is 42.0 Å². The van der Waals surface area contributed by atoms with E-state index in [4.69, 9.17) is 0 Å². The van der Waals surface area contributed by atoms with E-state index in [9.17, 15) is 5.11 Å². The first-order chi connectivity index (χ1) is 13.1. The molecule has 6 unspecified atom stereocenters. The lowest BCUT2D eigenvalue weighted by atomic mass is 9.85. The van der Waals surface area contributed by atoms with Crippen molar-refractivity contribution in [2.75, 3.05) is 14.1 Å². The Morgan fingerprint density at radius 1 is 1.37 bits per heavy atom. The average molecular weight is 388 g/mol. The van der Waals surface area contributed by atoms with Gasteiger partial charge >= 0.3 is 0 Å². The van der Waals surface area contributed by atoms with Crippen LogP contribution >= 0.6 is 8.58 Å². The topological polar surface area (TPSA) is 47.5 Å². The average Bonchev–Trinajstić information content (AvgIpc) is 3.23. The summed E-state index contributed by atoms with van der Waals surface area (Å²) in [5, 5.41) is 17.3. The molecule has 3 N–H and O–H groups in total. The molecule has 2 aliphatic heterocycles. The molecule has 2 fully saturated rings. The Bertz CT molecular complexity index is 710. The van der Waals surface area contributed by atoms with E-state index in [1.165, 1.54) is 35.4 Å². The molecule has 4 nitrogen and oxygen atoms in total. The van der Waals surface area contributed by atoms with Crippen LogP contribution in [0.1, 0.15) is 39.5 Å². The predicted molar refractivity (Wildman–Crippen MR) is 114 cm³/mol. The molecular formula is C22H34N3OP. The van der Waals surface area contributed by atoms with Gasteiger partial charge in [0.1, 0.15) is 0 Å². The van der Waals surface area contributed by atoms with Crippen LogP contribution in [0.25, 0.3) is 0 Å². The SMILES string of the molecule is C/C=C(/NC)C1=CPC2NC=CC2=C1N(C)[C@@H]1C2CC(O)CC(C2)C1CC. The van der Waals surface area contributed by atoms with Gasteiger partial charge in [0.25, 0.3) is 0 Å². The number of hydrogen-bond acceptors (Lipinski definition) is 4. The fourth-order valence-corrected chi connectivity index (χ4v) is 7.39. The lowest BCUT2D eigenvalue weighted by molar-refractivity contribution is 0.0870. The second kappa shape index (κ2) is 7.64. The lowest BCUT2D eigenvalue weighted by Crippen LogP contribution is -2.41. The second-order valence-corrected chi connectivity index (χ2v) is 9.67. The van der Waals surface area contributed by atoms with Crippen molar-refractivity contribution in [2.24, 2.45) is 17.8 Å². The highest BCUT2D eigenvalue weighted by Gasteiger charge is 2.49. The van der Waals surface area contributed by atoms with Crippen molar-refractivity contribution in [1.82, 2.24) is 15.5 Å². The predicted octanol–water partition coefficient (Wildman–Crippen LogP) is 3.50. The fraction of sp³-hybridized carbons (Fsp3) is 0.636. The van der Waals surface area contributed by atoms with Crippen molar-refractivity contribution >= 4 is 8.58 Å². The van der Waals surface area contributed by atoms with Crippen LogP contribution in [0, 0.1) is 17.8 Å². The van der Waals surface area contributed by atoms with Crippen LogP contribution in [0.4, 0.5) is 0 Å². The van der Waals surface area contributed by atoms with E-state index in [-0.39, 0.29) is 6.10 Å². The molecule has 0 aromatic heterocycles. The third-order valence-electron chi connectivity index (χ3n) is 7.16. The van der Waals surface area contributed by atoms with Crippen molar-refractivity contribution in [3.05, 3.63) is 46.7 Å². The Labute approximate surface area is 165 Å². The van der Waals surface area contributed by atoms with Crippen LogP contribution < -0.4 is 10.6 Å². The summed E-state index contributed by atoms with van der Waals surface area (Å²) in [4.78, 5) is 2.59. The molecule has 2 saturated carbocycles. The second-order valence-electron chi connectivity index (χ2n) is 8.47. The van der Waals surface area contributed by atoms with Crippen molar-refractivity contribution < 1.29 is 5.11 Å². The largest absolute Gasteiger partial charge is 0.393 e. The van der Waals surface area contributed by atoms with Gasteiger partial charge in [-0.3, -0.25) is 0 Å². The molecule has 7 atom stereocenters. The Balaban J connectivity index is 1.74. The number of allylic oxidation sites excluding steroid dienone is 1. The fourth-order valence-electron chi connectivity index (χ4n) is 6.16. The molecule has 2 aliphatic carbocycles. The summed E-state index contributed by atoms with van der Waals surface area (Å²) in [6, 6.07) is 0.522. The summed E-state index contributed by atoms with van der Waals surface area (Å²) in [5.41, 5.74) is 5.37. The van der Waals surface area contributed by atoms with Gasteiger partial charge in [0.15, 0.2) is 0 Å². The molecule has 4 aliphatic rings. The van der Waals surface area contributed by atoms with Gasteiger partial charge in [-0.2, -0.15) is 0 Å². The number of nitrogens with zero attached hydrogens (tertiary/aromatic N) is 1. The standard InChI is InChI=1S/C22H34N3OP/c1-5-16-13-9-14(11-15(26)10-13)20(16)25(4)21-17-7-8-24-22(17)27-12-18(21)19(6-2)23-3/h6-8,12-16,20,22-24,26-27H,5,9-11H2,1-4H3/b19-6+/t13?,14?,15?,16?,20-,22?/m1/s1. The maximum atomic E-state index is 10.4.